The Labute approximate surface area is 154 Å². The molecule has 3 heterocycles. The molecule has 2 aliphatic rings. The standard InChI is InChI=1S/C18H27N5O3/c1-18(2,3)26-17(25)23-8-4-5-14(23)16(24)22-11-9-21(10-12-22)15-13-19-6-7-20-15/h6-7,13-14H,4-5,8-12H2,1-3H3. The Morgan fingerprint density at radius 3 is 2.46 bits per heavy atom. The minimum atomic E-state index is -0.560. The number of carbonyl (C=O) groups is 2. The first kappa shape index (κ1) is 18.4. The number of likely N-dealkylation sites (tertiary alicyclic amines) is 1. The molecule has 142 valence electrons. The number of hydrogen-bond acceptors (Lipinski definition) is 6. The summed E-state index contributed by atoms with van der Waals surface area (Å²) in [6, 6.07) is -0.409. The molecule has 0 aromatic carbocycles. The molecule has 1 aromatic rings. The van der Waals surface area contributed by atoms with Crippen molar-refractivity contribution >= 4 is 17.8 Å². The molecule has 0 bridgehead atoms. The zero-order valence-corrected chi connectivity index (χ0v) is 15.7. The smallest absolute Gasteiger partial charge is 0.410 e. The van der Waals surface area contributed by atoms with E-state index in [1.54, 1.807) is 23.5 Å². The van der Waals surface area contributed by atoms with Crippen molar-refractivity contribution in [3.8, 4) is 0 Å². The van der Waals surface area contributed by atoms with Gasteiger partial charge in [0.2, 0.25) is 5.91 Å². The van der Waals surface area contributed by atoms with Crippen LogP contribution in [0.1, 0.15) is 33.6 Å². The number of piperazine rings is 1. The lowest BCUT2D eigenvalue weighted by molar-refractivity contribution is -0.136. The van der Waals surface area contributed by atoms with Crippen molar-refractivity contribution in [1.29, 1.82) is 0 Å². The van der Waals surface area contributed by atoms with Gasteiger partial charge in [0.15, 0.2) is 0 Å². The third-order valence-electron chi connectivity index (χ3n) is 4.63. The van der Waals surface area contributed by atoms with Gasteiger partial charge in [0.05, 0.1) is 6.20 Å². The molecule has 2 amide bonds. The summed E-state index contributed by atoms with van der Waals surface area (Å²) in [5, 5.41) is 0. The molecule has 3 rings (SSSR count). The molecule has 8 heteroatoms. The van der Waals surface area contributed by atoms with Gasteiger partial charge in [0.1, 0.15) is 17.5 Å². The van der Waals surface area contributed by atoms with E-state index in [2.05, 4.69) is 14.9 Å². The maximum atomic E-state index is 13.0. The number of nitrogens with zero attached hydrogens (tertiary/aromatic N) is 5. The molecule has 1 unspecified atom stereocenters. The fourth-order valence-corrected chi connectivity index (χ4v) is 3.38. The van der Waals surface area contributed by atoms with Gasteiger partial charge in [-0.1, -0.05) is 0 Å². The summed E-state index contributed by atoms with van der Waals surface area (Å²) in [6.07, 6.45) is 6.18. The molecule has 2 fully saturated rings. The van der Waals surface area contributed by atoms with Crippen molar-refractivity contribution < 1.29 is 14.3 Å². The average molecular weight is 361 g/mol. The van der Waals surface area contributed by atoms with E-state index in [1.807, 2.05) is 25.7 Å². The van der Waals surface area contributed by atoms with Crippen molar-refractivity contribution in [3.63, 3.8) is 0 Å². The maximum absolute atomic E-state index is 13.0. The fourth-order valence-electron chi connectivity index (χ4n) is 3.38. The molecule has 0 spiro atoms. The van der Waals surface area contributed by atoms with E-state index in [9.17, 15) is 9.59 Å². The van der Waals surface area contributed by atoms with Crippen molar-refractivity contribution in [2.24, 2.45) is 0 Å². The third kappa shape index (κ3) is 4.23. The van der Waals surface area contributed by atoms with E-state index in [0.717, 1.165) is 12.2 Å². The summed E-state index contributed by atoms with van der Waals surface area (Å²) >= 11 is 0. The summed E-state index contributed by atoms with van der Waals surface area (Å²) in [5.41, 5.74) is -0.560. The third-order valence-corrected chi connectivity index (χ3v) is 4.63. The lowest BCUT2D eigenvalue weighted by Gasteiger charge is -2.37. The summed E-state index contributed by atoms with van der Waals surface area (Å²) in [5.74, 6) is 0.850. The topological polar surface area (TPSA) is 78.9 Å². The van der Waals surface area contributed by atoms with Crippen LogP contribution in [0.25, 0.3) is 0 Å². The van der Waals surface area contributed by atoms with Crippen LogP contribution < -0.4 is 4.90 Å². The van der Waals surface area contributed by atoms with Crippen molar-refractivity contribution in [2.75, 3.05) is 37.6 Å². The van der Waals surface area contributed by atoms with Crippen LogP contribution in [0.3, 0.4) is 0 Å². The van der Waals surface area contributed by atoms with Gasteiger partial charge < -0.3 is 14.5 Å². The van der Waals surface area contributed by atoms with Gasteiger partial charge in [0.25, 0.3) is 0 Å². The molecule has 26 heavy (non-hydrogen) atoms. The van der Waals surface area contributed by atoms with Crippen LogP contribution in [0.5, 0.6) is 0 Å². The lowest BCUT2D eigenvalue weighted by atomic mass is 10.1. The molecule has 1 atom stereocenters. The van der Waals surface area contributed by atoms with Crippen LogP contribution in [-0.2, 0) is 9.53 Å². The first-order valence-corrected chi connectivity index (χ1v) is 9.14. The molecular formula is C18H27N5O3. The highest BCUT2D eigenvalue weighted by atomic mass is 16.6. The van der Waals surface area contributed by atoms with Crippen molar-refractivity contribution in [1.82, 2.24) is 19.8 Å². The Morgan fingerprint density at radius 1 is 1.12 bits per heavy atom. The second kappa shape index (κ2) is 7.47. The average Bonchev–Trinajstić information content (AvgIpc) is 3.10. The quantitative estimate of drug-likeness (QED) is 0.795. The molecule has 0 aliphatic carbocycles. The molecule has 8 nitrogen and oxygen atoms in total. The number of rotatable bonds is 2. The van der Waals surface area contributed by atoms with Crippen LogP contribution >= 0.6 is 0 Å². The largest absolute Gasteiger partial charge is 0.444 e. The van der Waals surface area contributed by atoms with Crippen LogP contribution in [0.4, 0.5) is 10.6 Å². The number of carbonyl (C=O) groups excluding carboxylic acids is 2. The number of aromatic nitrogens is 2. The lowest BCUT2D eigenvalue weighted by Crippen LogP contribution is -2.55. The summed E-state index contributed by atoms with van der Waals surface area (Å²) in [6.45, 7) is 8.75. The Kier molecular flexibility index (Phi) is 5.29. The summed E-state index contributed by atoms with van der Waals surface area (Å²) in [4.78, 5) is 39.3. The number of hydrogen-bond donors (Lipinski definition) is 0. The molecule has 0 saturated carbocycles. The van der Waals surface area contributed by atoms with E-state index in [-0.39, 0.29) is 5.91 Å². The Morgan fingerprint density at radius 2 is 1.85 bits per heavy atom. The minimum absolute atomic E-state index is 0.0205. The molecule has 2 aliphatic heterocycles. The summed E-state index contributed by atoms with van der Waals surface area (Å²) < 4.78 is 5.46. The number of ether oxygens (including phenoxy) is 1. The van der Waals surface area contributed by atoms with Gasteiger partial charge in [-0.3, -0.25) is 14.7 Å². The van der Waals surface area contributed by atoms with Gasteiger partial charge in [-0.2, -0.15) is 0 Å². The van der Waals surface area contributed by atoms with Crippen LogP contribution in [-0.4, -0.2) is 76.1 Å². The molecule has 0 N–H and O–H groups in total. The Balaban J connectivity index is 1.58. The number of anilines is 1. The normalized spacial score (nSPS) is 21.0. The maximum Gasteiger partial charge on any atom is 0.410 e. The predicted octanol–water partition coefficient (Wildman–Crippen LogP) is 1.52. The Bertz CT molecular complexity index is 638. The molecule has 0 radical (unpaired) electrons. The van der Waals surface area contributed by atoms with Gasteiger partial charge in [-0.05, 0) is 33.6 Å². The van der Waals surface area contributed by atoms with Gasteiger partial charge in [-0.15, -0.1) is 0 Å². The van der Waals surface area contributed by atoms with E-state index in [1.165, 1.54) is 0 Å². The molecule has 2 saturated heterocycles. The minimum Gasteiger partial charge on any atom is -0.444 e. The second-order valence-corrected chi connectivity index (χ2v) is 7.71. The van der Waals surface area contributed by atoms with Crippen LogP contribution in [0.2, 0.25) is 0 Å². The van der Waals surface area contributed by atoms with Crippen molar-refractivity contribution in [3.05, 3.63) is 18.6 Å². The van der Waals surface area contributed by atoms with Crippen LogP contribution in [0.15, 0.2) is 18.6 Å². The van der Waals surface area contributed by atoms with Gasteiger partial charge in [0, 0.05) is 45.1 Å². The number of amides is 2. The molecular weight excluding hydrogens is 334 g/mol. The van der Waals surface area contributed by atoms with Gasteiger partial charge >= 0.3 is 6.09 Å². The van der Waals surface area contributed by atoms with Gasteiger partial charge in [-0.25, -0.2) is 9.78 Å². The van der Waals surface area contributed by atoms with Crippen LogP contribution in [0, 0.1) is 0 Å². The predicted molar refractivity (Wildman–Crippen MR) is 96.8 cm³/mol. The SMILES string of the molecule is CC(C)(C)OC(=O)N1CCCC1C(=O)N1CCN(c2cnccn2)CC1. The highest BCUT2D eigenvalue weighted by Gasteiger charge is 2.39. The van der Waals surface area contributed by atoms with E-state index in [0.29, 0.717) is 39.1 Å². The van der Waals surface area contributed by atoms with E-state index >= 15 is 0 Å². The zero-order chi connectivity index (χ0) is 18.7. The molecule has 1 aromatic heterocycles. The first-order valence-electron chi connectivity index (χ1n) is 9.14. The van der Waals surface area contributed by atoms with Crippen molar-refractivity contribution in [2.45, 2.75) is 45.3 Å². The highest BCUT2D eigenvalue weighted by Crippen LogP contribution is 2.23. The zero-order valence-electron chi connectivity index (χ0n) is 15.7. The Hall–Kier alpha value is -2.38. The van der Waals surface area contributed by atoms with E-state index in [4.69, 9.17) is 4.74 Å². The first-order chi connectivity index (χ1) is 12.3. The monoisotopic (exact) mass is 361 g/mol. The van der Waals surface area contributed by atoms with E-state index < -0.39 is 17.7 Å². The highest BCUT2D eigenvalue weighted by molar-refractivity contribution is 5.86. The summed E-state index contributed by atoms with van der Waals surface area (Å²) in [7, 11) is 0. The fraction of sp³-hybridized carbons (Fsp3) is 0.667. The second-order valence-electron chi connectivity index (χ2n) is 7.71.